The molecule has 6 heteroatoms. The van der Waals surface area contributed by atoms with E-state index in [-0.39, 0.29) is 11.5 Å². The van der Waals surface area contributed by atoms with Crippen LogP contribution in [0.15, 0.2) is 0 Å². The molecule has 0 aromatic rings. The average Bonchev–Trinajstić information content (AvgIpc) is 1.97. The van der Waals surface area contributed by atoms with E-state index in [0.29, 0.717) is 0 Å². The van der Waals surface area contributed by atoms with Gasteiger partial charge in [0.1, 0.15) is 0 Å². The summed E-state index contributed by atoms with van der Waals surface area (Å²) in [7, 11) is -2.30. The predicted octanol–water partition coefficient (Wildman–Crippen LogP) is 0.767. The maximum absolute atomic E-state index is 11.6. The van der Waals surface area contributed by atoms with Crippen molar-refractivity contribution in [2.75, 3.05) is 12.8 Å². The Balaban J connectivity index is 4.86. The lowest BCUT2D eigenvalue weighted by molar-refractivity contribution is -0.134. The number of aliphatic carboxylic acids is 1. The van der Waals surface area contributed by atoms with Gasteiger partial charge >= 0.3 is 5.97 Å². The Morgan fingerprint density at radius 2 is 1.80 bits per heavy atom. The fourth-order valence-electron chi connectivity index (χ4n) is 1.04. The maximum atomic E-state index is 11.6. The van der Waals surface area contributed by atoms with Crippen molar-refractivity contribution in [1.29, 1.82) is 0 Å². The number of sulfonamides is 1. The quantitative estimate of drug-likeness (QED) is 0.783. The summed E-state index contributed by atoms with van der Waals surface area (Å²) in [6, 6.07) is -0.248. The number of carbonyl (C=O) groups is 1. The van der Waals surface area contributed by atoms with Crippen molar-refractivity contribution < 1.29 is 18.3 Å². The summed E-state index contributed by atoms with van der Waals surface area (Å²) in [5, 5.41) is 8.48. The van der Waals surface area contributed by atoms with Crippen LogP contribution in [0.2, 0.25) is 0 Å². The van der Waals surface area contributed by atoms with Gasteiger partial charge < -0.3 is 5.11 Å². The fourth-order valence-corrected chi connectivity index (χ4v) is 2.36. The highest BCUT2D eigenvalue weighted by atomic mass is 32.2. The molecule has 0 saturated heterocycles. The average molecular weight is 237 g/mol. The van der Waals surface area contributed by atoms with E-state index in [1.165, 1.54) is 7.05 Å². The molecule has 0 fully saturated rings. The van der Waals surface area contributed by atoms with Crippen molar-refractivity contribution in [3.8, 4) is 0 Å². The molecule has 1 unspecified atom stereocenters. The first kappa shape index (κ1) is 14.4. The van der Waals surface area contributed by atoms with E-state index in [4.69, 9.17) is 5.11 Å². The van der Waals surface area contributed by atoms with Crippen molar-refractivity contribution in [3.05, 3.63) is 0 Å². The minimum Gasteiger partial charge on any atom is -0.480 e. The standard InChI is InChI=1S/C9H19NO4S/c1-7(9(2,3)4)10(5)15(13,14)6-8(11)12/h7H,6H2,1-5H3,(H,11,12). The van der Waals surface area contributed by atoms with Crippen LogP contribution in [0.3, 0.4) is 0 Å². The molecule has 15 heavy (non-hydrogen) atoms. The molecule has 0 heterocycles. The molecule has 0 amide bonds. The maximum Gasteiger partial charge on any atom is 0.320 e. The molecule has 0 rings (SSSR count). The summed E-state index contributed by atoms with van der Waals surface area (Å²) in [4.78, 5) is 10.4. The molecule has 0 aliphatic carbocycles. The van der Waals surface area contributed by atoms with Crippen LogP contribution in [0.5, 0.6) is 0 Å². The molecule has 0 aromatic heterocycles. The van der Waals surface area contributed by atoms with E-state index in [9.17, 15) is 13.2 Å². The monoisotopic (exact) mass is 237 g/mol. The molecule has 0 aliphatic heterocycles. The van der Waals surface area contributed by atoms with Gasteiger partial charge in [0.2, 0.25) is 10.0 Å². The number of carboxylic acids is 1. The predicted molar refractivity (Wildman–Crippen MR) is 58.1 cm³/mol. The minimum atomic E-state index is -3.71. The molecule has 0 aliphatic rings. The van der Waals surface area contributed by atoms with Crippen LogP contribution in [-0.4, -0.2) is 42.6 Å². The molecule has 1 atom stereocenters. The van der Waals surface area contributed by atoms with Crippen LogP contribution in [-0.2, 0) is 14.8 Å². The number of hydrogen-bond donors (Lipinski definition) is 1. The zero-order valence-corrected chi connectivity index (χ0v) is 10.6. The molecular formula is C9H19NO4S. The Kier molecular flexibility index (Phi) is 4.30. The zero-order valence-electron chi connectivity index (χ0n) is 9.81. The Morgan fingerprint density at radius 1 is 1.40 bits per heavy atom. The lowest BCUT2D eigenvalue weighted by Gasteiger charge is -2.34. The number of rotatable bonds is 4. The van der Waals surface area contributed by atoms with E-state index < -0.39 is 21.7 Å². The second kappa shape index (κ2) is 4.49. The van der Waals surface area contributed by atoms with Crippen LogP contribution >= 0.6 is 0 Å². The summed E-state index contributed by atoms with van der Waals surface area (Å²) >= 11 is 0. The number of carboxylic acid groups (broad SMARTS) is 1. The van der Waals surface area contributed by atoms with Gasteiger partial charge in [-0.1, -0.05) is 20.8 Å². The largest absolute Gasteiger partial charge is 0.480 e. The van der Waals surface area contributed by atoms with E-state index in [0.717, 1.165) is 4.31 Å². The minimum absolute atomic E-state index is 0.222. The second-order valence-electron chi connectivity index (χ2n) is 4.71. The zero-order chi connectivity index (χ0) is 12.4. The van der Waals surface area contributed by atoms with Crippen molar-refractivity contribution >= 4 is 16.0 Å². The van der Waals surface area contributed by atoms with Crippen molar-refractivity contribution in [2.45, 2.75) is 33.7 Å². The normalized spacial score (nSPS) is 15.3. The van der Waals surface area contributed by atoms with Gasteiger partial charge in [0.15, 0.2) is 5.75 Å². The molecular weight excluding hydrogens is 218 g/mol. The van der Waals surface area contributed by atoms with Crippen LogP contribution in [0.25, 0.3) is 0 Å². The van der Waals surface area contributed by atoms with E-state index in [1.807, 2.05) is 20.8 Å². The Bertz CT molecular complexity index is 329. The summed E-state index contributed by atoms with van der Waals surface area (Å²) < 4.78 is 24.3. The fraction of sp³-hybridized carbons (Fsp3) is 0.889. The summed E-state index contributed by atoms with van der Waals surface area (Å²) in [5.41, 5.74) is -0.222. The summed E-state index contributed by atoms with van der Waals surface area (Å²) in [5.74, 6) is -2.19. The smallest absolute Gasteiger partial charge is 0.320 e. The Hall–Kier alpha value is -0.620. The van der Waals surface area contributed by atoms with Gasteiger partial charge in [-0.2, -0.15) is 0 Å². The third-order valence-electron chi connectivity index (χ3n) is 2.54. The van der Waals surface area contributed by atoms with Gasteiger partial charge in [0.25, 0.3) is 0 Å². The summed E-state index contributed by atoms with van der Waals surface area (Å²) in [6.07, 6.45) is 0. The number of hydrogen-bond acceptors (Lipinski definition) is 3. The van der Waals surface area contributed by atoms with Gasteiger partial charge in [0.05, 0.1) is 0 Å². The highest BCUT2D eigenvalue weighted by Crippen LogP contribution is 2.24. The molecule has 5 nitrogen and oxygen atoms in total. The van der Waals surface area contributed by atoms with E-state index in [1.54, 1.807) is 6.92 Å². The molecule has 1 N–H and O–H groups in total. The first-order chi connectivity index (χ1) is 6.48. The lowest BCUT2D eigenvalue weighted by atomic mass is 9.88. The molecule has 90 valence electrons. The van der Waals surface area contributed by atoms with Crippen molar-refractivity contribution in [1.82, 2.24) is 4.31 Å². The Morgan fingerprint density at radius 3 is 2.07 bits per heavy atom. The highest BCUT2D eigenvalue weighted by molar-refractivity contribution is 7.89. The van der Waals surface area contributed by atoms with E-state index >= 15 is 0 Å². The Labute approximate surface area is 91.1 Å². The van der Waals surface area contributed by atoms with Gasteiger partial charge in [-0.25, -0.2) is 12.7 Å². The molecule has 0 bridgehead atoms. The van der Waals surface area contributed by atoms with Crippen LogP contribution < -0.4 is 0 Å². The first-order valence-electron chi connectivity index (χ1n) is 4.66. The first-order valence-corrected chi connectivity index (χ1v) is 6.27. The van der Waals surface area contributed by atoms with Crippen molar-refractivity contribution in [3.63, 3.8) is 0 Å². The third kappa shape index (κ3) is 4.17. The van der Waals surface area contributed by atoms with Crippen molar-refractivity contribution in [2.24, 2.45) is 5.41 Å². The lowest BCUT2D eigenvalue weighted by Crippen LogP contribution is -2.44. The second-order valence-corrected chi connectivity index (χ2v) is 6.74. The van der Waals surface area contributed by atoms with Gasteiger partial charge in [-0.15, -0.1) is 0 Å². The van der Waals surface area contributed by atoms with Crippen LogP contribution in [0, 0.1) is 5.41 Å². The SMILES string of the molecule is CC(N(C)S(=O)(=O)CC(=O)O)C(C)(C)C. The summed E-state index contributed by atoms with van der Waals surface area (Å²) in [6.45, 7) is 7.48. The number of nitrogens with zero attached hydrogens (tertiary/aromatic N) is 1. The van der Waals surface area contributed by atoms with E-state index in [2.05, 4.69) is 0 Å². The molecule has 0 saturated carbocycles. The highest BCUT2D eigenvalue weighted by Gasteiger charge is 2.32. The van der Waals surface area contributed by atoms with Gasteiger partial charge in [0, 0.05) is 13.1 Å². The topological polar surface area (TPSA) is 74.7 Å². The molecule has 0 aromatic carbocycles. The molecule has 0 spiro atoms. The van der Waals surface area contributed by atoms with Gasteiger partial charge in [-0.05, 0) is 12.3 Å². The molecule has 0 radical (unpaired) electrons. The third-order valence-corrected chi connectivity index (χ3v) is 4.35. The van der Waals surface area contributed by atoms with Crippen LogP contribution in [0.4, 0.5) is 0 Å². The van der Waals surface area contributed by atoms with Crippen LogP contribution in [0.1, 0.15) is 27.7 Å². The van der Waals surface area contributed by atoms with Gasteiger partial charge in [-0.3, -0.25) is 4.79 Å².